The van der Waals surface area contributed by atoms with Crippen LogP contribution in [-0.2, 0) is 0 Å². The Labute approximate surface area is 108 Å². The molecule has 17 heavy (non-hydrogen) atoms. The van der Waals surface area contributed by atoms with Gasteiger partial charge in [-0.1, -0.05) is 24.9 Å². The molecule has 94 valence electrons. The van der Waals surface area contributed by atoms with Crippen molar-refractivity contribution >= 4 is 23.1 Å². The maximum absolute atomic E-state index is 6.02. The summed E-state index contributed by atoms with van der Waals surface area (Å²) in [5, 5.41) is 0.523. The summed E-state index contributed by atoms with van der Waals surface area (Å²) in [7, 11) is 0. The highest BCUT2D eigenvalue weighted by Gasteiger charge is 2.24. The van der Waals surface area contributed by atoms with Crippen LogP contribution in [0.1, 0.15) is 39.0 Å². The molecule has 0 spiro atoms. The summed E-state index contributed by atoms with van der Waals surface area (Å²) in [5.74, 6) is 0.871. The van der Waals surface area contributed by atoms with Crippen LogP contribution in [-0.4, -0.2) is 17.6 Å². The first-order chi connectivity index (χ1) is 8.22. The smallest absolute Gasteiger partial charge is 0.153 e. The lowest BCUT2D eigenvalue weighted by molar-refractivity contribution is 0.432. The van der Waals surface area contributed by atoms with Crippen molar-refractivity contribution in [2.45, 2.75) is 45.1 Å². The number of hydrogen-bond acceptors (Lipinski definition) is 3. The second-order valence-electron chi connectivity index (χ2n) is 4.68. The van der Waals surface area contributed by atoms with Gasteiger partial charge >= 0.3 is 0 Å². The van der Waals surface area contributed by atoms with Crippen molar-refractivity contribution in [1.29, 1.82) is 0 Å². The van der Waals surface area contributed by atoms with Gasteiger partial charge in [0.25, 0.3) is 0 Å². The molecule has 2 rings (SSSR count). The molecule has 1 aliphatic rings. The van der Waals surface area contributed by atoms with Gasteiger partial charge in [0, 0.05) is 12.6 Å². The fourth-order valence-corrected chi connectivity index (χ4v) is 2.72. The van der Waals surface area contributed by atoms with Crippen LogP contribution >= 0.6 is 11.6 Å². The molecule has 4 heteroatoms. The Bertz CT molecular complexity index is 379. The van der Waals surface area contributed by atoms with Gasteiger partial charge in [-0.25, -0.2) is 4.98 Å². The van der Waals surface area contributed by atoms with Crippen LogP contribution in [0, 0.1) is 0 Å². The molecule has 1 fully saturated rings. The molecule has 0 aliphatic carbocycles. The van der Waals surface area contributed by atoms with Gasteiger partial charge in [-0.05, 0) is 37.8 Å². The van der Waals surface area contributed by atoms with Gasteiger partial charge in [0.2, 0.25) is 0 Å². The molecule has 0 saturated carbocycles. The van der Waals surface area contributed by atoms with Gasteiger partial charge in [0.05, 0.1) is 5.69 Å². The number of nitrogens with zero attached hydrogens (tertiary/aromatic N) is 2. The summed E-state index contributed by atoms with van der Waals surface area (Å²) in [6.07, 6.45) is 6.16. The zero-order valence-corrected chi connectivity index (χ0v) is 11.1. The Morgan fingerprint density at radius 2 is 2.29 bits per heavy atom. The van der Waals surface area contributed by atoms with Crippen LogP contribution in [0.5, 0.6) is 0 Å². The van der Waals surface area contributed by atoms with E-state index in [9.17, 15) is 0 Å². The Hall–Kier alpha value is -0.960. The first kappa shape index (κ1) is 12.5. The Morgan fingerprint density at radius 3 is 3.06 bits per heavy atom. The maximum atomic E-state index is 6.02. The number of pyridine rings is 1. The summed E-state index contributed by atoms with van der Waals surface area (Å²) < 4.78 is 0. The number of halogens is 1. The second-order valence-corrected chi connectivity index (χ2v) is 5.07. The zero-order valence-electron chi connectivity index (χ0n) is 10.3. The van der Waals surface area contributed by atoms with E-state index in [1.165, 1.54) is 32.1 Å². The van der Waals surface area contributed by atoms with Gasteiger partial charge < -0.3 is 10.6 Å². The van der Waals surface area contributed by atoms with Crippen LogP contribution in [0.25, 0.3) is 0 Å². The van der Waals surface area contributed by atoms with E-state index in [0.717, 1.165) is 18.1 Å². The van der Waals surface area contributed by atoms with Crippen molar-refractivity contribution < 1.29 is 0 Å². The number of nitrogen functional groups attached to an aromatic ring is 1. The van der Waals surface area contributed by atoms with Crippen LogP contribution in [0.4, 0.5) is 11.5 Å². The largest absolute Gasteiger partial charge is 0.396 e. The van der Waals surface area contributed by atoms with E-state index in [1.54, 1.807) is 6.07 Å². The number of piperidine rings is 1. The maximum Gasteiger partial charge on any atom is 0.153 e. The van der Waals surface area contributed by atoms with Crippen molar-refractivity contribution in [2.24, 2.45) is 0 Å². The normalized spacial score (nSPS) is 20.6. The minimum atomic E-state index is 0.523. The summed E-state index contributed by atoms with van der Waals surface area (Å²) in [4.78, 5) is 6.74. The van der Waals surface area contributed by atoms with E-state index < -0.39 is 0 Å². The highest BCUT2D eigenvalue weighted by Crippen LogP contribution is 2.30. The van der Waals surface area contributed by atoms with E-state index in [0.29, 0.717) is 11.2 Å². The highest BCUT2D eigenvalue weighted by molar-refractivity contribution is 6.29. The third-order valence-electron chi connectivity index (χ3n) is 3.39. The number of aromatic nitrogens is 1. The van der Waals surface area contributed by atoms with Crippen molar-refractivity contribution in [1.82, 2.24) is 4.98 Å². The molecule has 2 heterocycles. The molecular weight excluding hydrogens is 234 g/mol. The van der Waals surface area contributed by atoms with E-state index in [-0.39, 0.29) is 0 Å². The van der Waals surface area contributed by atoms with Crippen molar-refractivity contribution in [3.8, 4) is 0 Å². The standard InChI is InChI=1S/C13H20ClN3/c1-2-5-10-6-3-4-9-17(10)13-11(15)7-8-12(14)16-13/h7-8,10H,2-6,9,15H2,1H3. The molecule has 1 saturated heterocycles. The number of hydrogen-bond donors (Lipinski definition) is 1. The average Bonchev–Trinajstić information content (AvgIpc) is 2.34. The lowest BCUT2D eigenvalue weighted by Crippen LogP contribution is -2.40. The molecule has 0 amide bonds. The topological polar surface area (TPSA) is 42.2 Å². The minimum absolute atomic E-state index is 0.523. The Balaban J connectivity index is 2.25. The molecule has 1 aromatic rings. The van der Waals surface area contributed by atoms with Crippen molar-refractivity contribution in [3.63, 3.8) is 0 Å². The first-order valence-corrected chi connectivity index (χ1v) is 6.79. The third kappa shape index (κ3) is 2.83. The number of rotatable bonds is 3. The summed E-state index contributed by atoms with van der Waals surface area (Å²) in [5.41, 5.74) is 6.75. The lowest BCUT2D eigenvalue weighted by atomic mass is 9.98. The number of anilines is 2. The monoisotopic (exact) mass is 253 g/mol. The fraction of sp³-hybridized carbons (Fsp3) is 0.615. The summed E-state index contributed by atoms with van der Waals surface area (Å²) in [6.45, 7) is 3.27. The molecule has 0 radical (unpaired) electrons. The molecular formula is C13H20ClN3. The molecule has 2 N–H and O–H groups in total. The predicted molar refractivity (Wildman–Crippen MR) is 73.6 cm³/mol. The third-order valence-corrected chi connectivity index (χ3v) is 3.60. The molecule has 1 aliphatic heterocycles. The van der Waals surface area contributed by atoms with Crippen LogP contribution < -0.4 is 10.6 Å². The van der Waals surface area contributed by atoms with Gasteiger partial charge in [-0.3, -0.25) is 0 Å². The van der Waals surface area contributed by atoms with E-state index in [2.05, 4.69) is 16.8 Å². The van der Waals surface area contributed by atoms with Crippen molar-refractivity contribution in [3.05, 3.63) is 17.3 Å². The van der Waals surface area contributed by atoms with Gasteiger partial charge in [0.15, 0.2) is 5.82 Å². The molecule has 1 atom stereocenters. The van der Waals surface area contributed by atoms with Crippen LogP contribution in [0.2, 0.25) is 5.15 Å². The molecule has 1 unspecified atom stereocenters. The van der Waals surface area contributed by atoms with Gasteiger partial charge in [-0.2, -0.15) is 0 Å². The van der Waals surface area contributed by atoms with Crippen molar-refractivity contribution in [2.75, 3.05) is 17.2 Å². The zero-order chi connectivity index (χ0) is 12.3. The molecule has 3 nitrogen and oxygen atoms in total. The summed E-state index contributed by atoms with van der Waals surface area (Å²) >= 11 is 5.97. The second kappa shape index (κ2) is 5.58. The van der Waals surface area contributed by atoms with Crippen LogP contribution in [0.3, 0.4) is 0 Å². The SMILES string of the molecule is CCCC1CCCCN1c1nc(Cl)ccc1N. The molecule has 1 aromatic heterocycles. The Kier molecular flexibility index (Phi) is 4.11. The van der Waals surface area contributed by atoms with Gasteiger partial charge in [-0.15, -0.1) is 0 Å². The fourth-order valence-electron chi connectivity index (χ4n) is 2.58. The quantitative estimate of drug-likeness (QED) is 0.839. The summed E-state index contributed by atoms with van der Waals surface area (Å²) in [6, 6.07) is 4.17. The van der Waals surface area contributed by atoms with E-state index in [1.807, 2.05) is 6.07 Å². The first-order valence-electron chi connectivity index (χ1n) is 6.41. The Morgan fingerprint density at radius 1 is 1.47 bits per heavy atom. The molecule has 0 aromatic carbocycles. The van der Waals surface area contributed by atoms with Gasteiger partial charge in [0.1, 0.15) is 5.15 Å². The van der Waals surface area contributed by atoms with Crippen LogP contribution in [0.15, 0.2) is 12.1 Å². The van der Waals surface area contributed by atoms with E-state index in [4.69, 9.17) is 17.3 Å². The average molecular weight is 254 g/mol. The lowest BCUT2D eigenvalue weighted by Gasteiger charge is -2.37. The highest BCUT2D eigenvalue weighted by atomic mass is 35.5. The number of nitrogens with two attached hydrogens (primary N) is 1. The predicted octanol–water partition coefficient (Wildman–Crippen LogP) is 3.48. The molecule has 0 bridgehead atoms. The minimum Gasteiger partial charge on any atom is -0.396 e. The van der Waals surface area contributed by atoms with E-state index >= 15 is 0 Å².